The monoisotopic (exact) mass is 870 g/mol. The Morgan fingerprint density at radius 1 is 0.931 bits per heavy atom. The molecule has 4 atom stereocenters. The summed E-state index contributed by atoms with van der Waals surface area (Å²) in [5, 5.41) is 2.42. The highest BCUT2D eigenvalue weighted by atomic mass is 32.1. The summed E-state index contributed by atoms with van der Waals surface area (Å²) in [6, 6.07) is 12.2. The van der Waals surface area contributed by atoms with Crippen molar-refractivity contribution in [3.63, 3.8) is 0 Å². The molecule has 2 saturated heterocycles. The lowest BCUT2D eigenvalue weighted by molar-refractivity contribution is -0.137. The zero-order valence-electron chi connectivity index (χ0n) is 33.0. The molecule has 314 valence electrons. The van der Waals surface area contributed by atoms with Crippen molar-refractivity contribution in [1.82, 2.24) is 35.1 Å². The number of rotatable bonds is 9. The van der Waals surface area contributed by atoms with Crippen LogP contribution in [-0.2, 0) is 19.1 Å². The third-order valence-electron chi connectivity index (χ3n) is 11.1. The van der Waals surface area contributed by atoms with Gasteiger partial charge in [0.2, 0.25) is 11.8 Å². The number of amides is 4. The van der Waals surface area contributed by atoms with Gasteiger partial charge in [0, 0.05) is 30.1 Å². The van der Waals surface area contributed by atoms with Crippen LogP contribution in [0, 0.1) is 29.1 Å². The summed E-state index contributed by atoms with van der Waals surface area (Å²) in [4.78, 5) is 70.1. The number of carbonyl (C=O) groups is 4. The minimum Gasteiger partial charge on any atom is -0.453 e. The summed E-state index contributed by atoms with van der Waals surface area (Å²) in [5.74, 6) is 8.02. The first-order valence-corrected chi connectivity index (χ1v) is 18.5. The van der Waals surface area contributed by atoms with Crippen LogP contribution in [0.5, 0.6) is 0 Å². The summed E-state index contributed by atoms with van der Waals surface area (Å²) in [5.41, 5.74) is 10.5. The minimum atomic E-state index is -1.17. The average molecular weight is 871 g/mol. The highest BCUT2D eigenvalue weighted by Crippen LogP contribution is 2.58. The summed E-state index contributed by atoms with van der Waals surface area (Å²) in [7, 11) is 1.18. The number of carbonyl (C=O) groups excluding carboxylic acids is 4. The number of nitrogens with two attached hydrogens (primary N) is 1. The zero-order valence-corrected chi connectivity index (χ0v) is 37.0. The predicted molar refractivity (Wildman–Crippen MR) is 241 cm³/mol. The molecule has 1 aliphatic carbocycles. The van der Waals surface area contributed by atoms with E-state index in [2.05, 4.69) is 55.6 Å². The van der Waals surface area contributed by atoms with Gasteiger partial charge in [-0.2, -0.15) is 54.0 Å². The first kappa shape index (κ1) is 47.9. The van der Waals surface area contributed by atoms with Gasteiger partial charge in [-0.05, 0) is 79.3 Å². The van der Waals surface area contributed by atoms with Crippen LogP contribution in [0.1, 0.15) is 87.7 Å². The van der Waals surface area contributed by atoms with Crippen molar-refractivity contribution in [2.24, 2.45) is 23.0 Å². The number of aromatic amines is 2. The Bertz CT molecular complexity index is 2150. The first-order valence-electron chi connectivity index (χ1n) is 18.5. The molecule has 4 aromatic rings. The Morgan fingerprint density at radius 2 is 1.62 bits per heavy atom. The molecule has 58 heavy (non-hydrogen) atoms. The second-order valence-electron chi connectivity index (χ2n) is 15.1. The summed E-state index contributed by atoms with van der Waals surface area (Å²) in [6.07, 6.45) is 4.53. The normalized spacial score (nSPS) is 18.4. The quantitative estimate of drug-likeness (QED) is 0.156. The number of ether oxygens (including phenoxy) is 2. The summed E-state index contributed by atoms with van der Waals surface area (Å²) < 4.78 is 9.46. The van der Waals surface area contributed by atoms with Gasteiger partial charge in [-0.25, -0.2) is 19.6 Å². The number of fused-ring (bicyclic) bond motifs is 1. The molecule has 0 radical (unpaired) electrons. The molecule has 14 nitrogen and oxygen atoms in total. The van der Waals surface area contributed by atoms with E-state index in [-0.39, 0.29) is 89.2 Å². The number of nitrogens with zero attached hydrogens (tertiary/aromatic N) is 4. The number of likely N-dealkylation sites (tertiary alicyclic amines) is 2. The van der Waals surface area contributed by atoms with Gasteiger partial charge in [-0.3, -0.25) is 9.59 Å². The van der Waals surface area contributed by atoms with Gasteiger partial charge in [0.05, 0.1) is 42.1 Å². The van der Waals surface area contributed by atoms with Crippen molar-refractivity contribution in [2.75, 3.05) is 26.8 Å². The van der Waals surface area contributed by atoms with Gasteiger partial charge in [-0.15, -0.1) is 0 Å². The molecule has 2 aromatic carbocycles. The van der Waals surface area contributed by atoms with E-state index in [1.807, 2.05) is 49.4 Å². The van der Waals surface area contributed by atoms with E-state index in [1.54, 1.807) is 11.1 Å². The van der Waals surface area contributed by atoms with Crippen molar-refractivity contribution in [3.8, 4) is 23.1 Å². The molecular formula is C40H54N8O6S4. The van der Waals surface area contributed by atoms with Crippen molar-refractivity contribution >= 4 is 89.0 Å². The topological polar surface area (TPSA) is 189 Å². The Kier molecular flexibility index (Phi) is 16.5. The van der Waals surface area contributed by atoms with Crippen molar-refractivity contribution in [2.45, 2.75) is 71.0 Å². The predicted octanol–water partition coefficient (Wildman–Crippen LogP) is 5.63. The van der Waals surface area contributed by atoms with Crippen LogP contribution in [0.4, 0.5) is 9.59 Å². The second-order valence-corrected chi connectivity index (χ2v) is 15.1. The Balaban J connectivity index is 0.00000225. The molecule has 2 aromatic heterocycles. The maximum absolute atomic E-state index is 13.5. The lowest BCUT2D eigenvalue weighted by Crippen LogP contribution is -2.51. The number of methoxy groups -OCH3 is 1. The molecule has 2 aliphatic heterocycles. The fraction of sp³-hybridized carbons (Fsp3) is 0.450. The van der Waals surface area contributed by atoms with Gasteiger partial charge >= 0.3 is 12.2 Å². The van der Waals surface area contributed by atoms with E-state index in [1.165, 1.54) is 20.0 Å². The van der Waals surface area contributed by atoms with Crippen molar-refractivity contribution in [1.29, 1.82) is 0 Å². The van der Waals surface area contributed by atoms with Gasteiger partial charge in [0.25, 0.3) is 0 Å². The number of H-pyrrole nitrogens is 2. The number of hydrogen-bond donors (Lipinski definition) is 4. The third-order valence-corrected chi connectivity index (χ3v) is 11.1. The number of imidazole rings is 2. The standard InChI is InChI=1S/C40H46N8O6.4H2S/c1-23(2)24(3)36(49)48-22-40(15-16-40)19-33(48)35-43-28-14-11-26(18-29(28)44-35)8-7-25-9-12-27(13-10-25)30-20-42-34(45-30)32-6-5-17-47(32)37(50)31(21-54-38(41)51)46-39(52)53-4;;;;/h9-14,18,20,23-24,31-33H,5-6,15-17,19,21-22H2,1-4H3,(H2,41,51)(H,42,45)(H,43,44)(H,46,52);4*1H2/t24-,31-,32-,33-;;;;/m0..../s1. The largest absolute Gasteiger partial charge is 0.453 e. The van der Waals surface area contributed by atoms with E-state index in [9.17, 15) is 19.2 Å². The number of primary amides is 1. The van der Waals surface area contributed by atoms with Crippen LogP contribution in [0.25, 0.3) is 22.3 Å². The Hall–Kier alpha value is -4.44. The highest BCUT2D eigenvalue weighted by molar-refractivity contribution is 7.59. The van der Waals surface area contributed by atoms with Crippen LogP contribution < -0.4 is 11.1 Å². The van der Waals surface area contributed by atoms with Crippen LogP contribution in [0.2, 0.25) is 0 Å². The van der Waals surface area contributed by atoms with E-state index < -0.39 is 30.7 Å². The van der Waals surface area contributed by atoms with Crippen molar-refractivity contribution < 1.29 is 28.7 Å². The molecule has 4 amide bonds. The minimum absolute atomic E-state index is 0. The molecule has 0 unspecified atom stereocenters. The van der Waals surface area contributed by atoms with Gasteiger partial charge in [0.1, 0.15) is 24.3 Å². The number of benzene rings is 2. The Labute approximate surface area is 366 Å². The van der Waals surface area contributed by atoms with Crippen molar-refractivity contribution in [3.05, 3.63) is 71.4 Å². The second kappa shape index (κ2) is 20.0. The van der Waals surface area contributed by atoms with Gasteiger partial charge in [0.15, 0.2) is 0 Å². The first-order chi connectivity index (χ1) is 25.9. The number of aromatic nitrogens is 4. The van der Waals surface area contributed by atoms with Crippen LogP contribution in [0.15, 0.2) is 48.7 Å². The number of alkyl carbamates (subject to hydrolysis) is 1. The van der Waals surface area contributed by atoms with E-state index in [4.69, 9.17) is 15.5 Å². The molecule has 1 saturated carbocycles. The molecule has 5 N–H and O–H groups in total. The fourth-order valence-electron chi connectivity index (χ4n) is 7.47. The van der Waals surface area contributed by atoms with Crippen LogP contribution in [0.3, 0.4) is 0 Å². The molecule has 0 bridgehead atoms. The molecule has 3 aliphatic rings. The number of nitrogens with one attached hydrogen (secondary N) is 3. The lowest BCUT2D eigenvalue weighted by atomic mass is 9.96. The summed E-state index contributed by atoms with van der Waals surface area (Å²) >= 11 is 0. The Morgan fingerprint density at radius 3 is 2.28 bits per heavy atom. The third kappa shape index (κ3) is 10.4. The molecule has 7 rings (SSSR count). The molecular weight excluding hydrogens is 817 g/mol. The molecule has 4 heterocycles. The van der Waals surface area contributed by atoms with Gasteiger partial charge < -0.3 is 40.3 Å². The maximum atomic E-state index is 13.5. The SMILES string of the molecule is COC(=O)N[C@@H](COC(N)=O)C(=O)N1CCC[C@H]1c1ncc(-c2ccc(C#Cc3ccc4nc([C@@H]5CC6(CC6)CN5C(=O)[C@@H](C)C(C)C)[nH]c4c3)cc2)[nH]1.S.S.S.S. The van der Waals surface area contributed by atoms with Crippen LogP contribution in [-0.4, -0.2) is 86.6 Å². The van der Waals surface area contributed by atoms with E-state index in [0.29, 0.717) is 18.8 Å². The highest BCUT2D eigenvalue weighted by Gasteiger charge is 2.54. The fourth-order valence-corrected chi connectivity index (χ4v) is 7.47. The van der Waals surface area contributed by atoms with E-state index >= 15 is 0 Å². The smallest absolute Gasteiger partial charge is 0.407 e. The average Bonchev–Trinajstić information content (AvgIpc) is 3.65. The lowest BCUT2D eigenvalue weighted by Gasteiger charge is -2.28. The van der Waals surface area contributed by atoms with E-state index in [0.717, 1.165) is 58.6 Å². The van der Waals surface area contributed by atoms with Crippen LogP contribution >= 0.6 is 54.0 Å². The zero-order chi connectivity index (χ0) is 38.1. The molecule has 1 spiro atoms. The molecule has 18 heteroatoms. The maximum Gasteiger partial charge on any atom is 0.407 e. The molecule has 3 fully saturated rings. The number of hydrogen-bond acceptors (Lipinski definition) is 8. The van der Waals surface area contributed by atoms with Gasteiger partial charge in [-0.1, -0.05) is 44.7 Å². The summed E-state index contributed by atoms with van der Waals surface area (Å²) in [6.45, 7) is 7.07.